The van der Waals surface area contributed by atoms with Gasteiger partial charge in [-0.05, 0) is 38.1 Å². The SMILES string of the molecule is CC(=O)C(CNC(=O)c1c[nH]c2ccccc2c1=O)NS(=O)(=O)c1ccc(C)cc1. The molecule has 1 atom stereocenters. The summed E-state index contributed by atoms with van der Waals surface area (Å²) in [6.45, 7) is 2.75. The summed E-state index contributed by atoms with van der Waals surface area (Å²) in [5.41, 5.74) is 0.898. The highest BCUT2D eigenvalue weighted by molar-refractivity contribution is 7.89. The fraction of sp³-hybridized carbons (Fsp3) is 0.190. The van der Waals surface area contributed by atoms with Crippen LogP contribution in [0.5, 0.6) is 0 Å². The topological polar surface area (TPSA) is 125 Å². The van der Waals surface area contributed by atoms with Gasteiger partial charge in [-0.2, -0.15) is 4.72 Å². The molecule has 0 saturated heterocycles. The molecule has 3 N–H and O–H groups in total. The molecule has 0 aliphatic carbocycles. The number of hydrogen-bond acceptors (Lipinski definition) is 5. The van der Waals surface area contributed by atoms with E-state index in [2.05, 4.69) is 15.0 Å². The number of hydrogen-bond donors (Lipinski definition) is 3. The lowest BCUT2D eigenvalue weighted by atomic mass is 10.1. The van der Waals surface area contributed by atoms with Gasteiger partial charge in [0.1, 0.15) is 11.3 Å². The molecular weight excluding hydrogens is 406 g/mol. The number of aryl methyl sites for hydroxylation is 1. The highest BCUT2D eigenvalue weighted by atomic mass is 32.2. The Kier molecular flexibility index (Phi) is 6.14. The Bertz CT molecular complexity index is 1260. The molecule has 1 unspecified atom stereocenters. The molecule has 0 aliphatic rings. The molecule has 0 saturated carbocycles. The van der Waals surface area contributed by atoms with E-state index in [0.29, 0.717) is 10.9 Å². The van der Waals surface area contributed by atoms with Crippen molar-refractivity contribution in [2.45, 2.75) is 24.8 Å². The van der Waals surface area contributed by atoms with Crippen LogP contribution in [-0.2, 0) is 14.8 Å². The van der Waals surface area contributed by atoms with Crippen molar-refractivity contribution in [1.29, 1.82) is 0 Å². The standard InChI is InChI=1S/C21H21N3O5S/c1-13-7-9-15(10-8-13)30(28,29)24-19(14(2)25)12-23-21(27)17-11-22-18-6-4-3-5-16(18)20(17)26/h3-11,19,24H,12H2,1-2H3,(H,22,26)(H,23,27). The van der Waals surface area contributed by atoms with E-state index in [-0.39, 0.29) is 17.0 Å². The fourth-order valence-corrected chi connectivity index (χ4v) is 4.12. The summed E-state index contributed by atoms with van der Waals surface area (Å²) in [6.07, 6.45) is 1.29. The number of benzene rings is 2. The summed E-state index contributed by atoms with van der Waals surface area (Å²) in [4.78, 5) is 39.9. The zero-order valence-corrected chi connectivity index (χ0v) is 17.2. The molecule has 3 rings (SSSR count). The van der Waals surface area contributed by atoms with E-state index >= 15 is 0 Å². The van der Waals surface area contributed by atoms with E-state index in [1.54, 1.807) is 36.4 Å². The molecule has 0 aliphatic heterocycles. The normalized spacial score (nSPS) is 12.5. The number of carbonyl (C=O) groups excluding carboxylic acids is 2. The number of sulfonamides is 1. The van der Waals surface area contributed by atoms with Crippen LogP contribution in [0.3, 0.4) is 0 Å². The first-order chi connectivity index (χ1) is 14.2. The number of aromatic amines is 1. The third-order valence-electron chi connectivity index (χ3n) is 4.62. The van der Waals surface area contributed by atoms with Gasteiger partial charge in [0, 0.05) is 23.6 Å². The van der Waals surface area contributed by atoms with Crippen molar-refractivity contribution in [2.75, 3.05) is 6.54 Å². The van der Waals surface area contributed by atoms with E-state index in [4.69, 9.17) is 0 Å². The molecule has 2 aromatic carbocycles. The van der Waals surface area contributed by atoms with E-state index in [1.165, 1.54) is 25.3 Å². The first-order valence-corrected chi connectivity index (χ1v) is 10.7. The Hall–Kier alpha value is -3.30. The number of carbonyl (C=O) groups is 2. The van der Waals surface area contributed by atoms with Gasteiger partial charge in [0.05, 0.1) is 10.9 Å². The van der Waals surface area contributed by atoms with Gasteiger partial charge in [0.25, 0.3) is 5.91 Å². The number of aromatic nitrogens is 1. The second kappa shape index (κ2) is 8.60. The predicted molar refractivity (Wildman–Crippen MR) is 113 cm³/mol. The van der Waals surface area contributed by atoms with Gasteiger partial charge >= 0.3 is 0 Å². The van der Waals surface area contributed by atoms with E-state index < -0.39 is 33.2 Å². The molecule has 0 spiro atoms. The Balaban J connectivity index is 1.76. The van der Waals surface area contributed by atoms with Gasteiger partial charge in [0.15, 0.2) is 0 Å². The summed E-state index contributed by atoms with van der Waals surface area (Å²) in [5, 5.41) is 2.82. The largest absolute Gasteiger partial charge is 0.360 e. The number of rotatable bonds is 7. The molecule has 3 aromatic rings. The number of fused-ring (bicyclic) bond motifs is 1. The van der Waals surface area contributed by atoms with Gasteiger partial charge < -0.3 is 10.3 Å². The summed E-state index contributed by atoms with van der Waals surface area (Å²) >= 11 is 0. The van der Waals surface area contributed by atoms with Crippen LogP contribution in [-0.4, -0.2) is 37.7 Å². The highest BCUT2D eigenvalue weighted by Crippen LogP contribution is 2.11. The zero-order chi connectivity index (χ0) is 21.9. The average Bonchev–Trinajstić information content (AvgIpc) is 2.71. The van der Waals surface area contributed by atoms with Gasteiger partial charge in [-0.1, -0.05) is 29.8 Å². The molecule has 30 heavy (non-hydrogen) atoms. The first kappa shape index (κ1) is 21.4. The second-order valence-corrected chi connectivity index (χ2v) is 8.60. The third kappa shape index (κ3) is 4.64. The van der Waals surface area contributed by atoms with Crippen LogP contribution in [0.25, 0.3) is 10.9 Å². The van der Waals surface area contributed by atoms with Crippen molar-refractivity contribution in [3.63, 3.8) is 0 Å². The van der Waals surface area contributed by atoms with Crippen LogP contribution in [0.15, 0.2) is 64.4 Å². The molecule has 0 radical (unpaired) electrons. The molecular formula is C21H21N3O5S. The van der Waals surface area contributed by atoms with E-state index in [0.717, 1.165) is 5.56 Å². The summed E-state index contributed by atoms with van der Waals surface area (Å²) in [5.74, 6) is -1.18. The lowest BCUT2D eigenvalue weighted by molar-refractivity contribution is -0.118. The molecule has 8 nitrogen and oxygen atoms in total. The number of amides is 1. The van der Waals surface area contributed by atoms with Crippen molar-refractivity contribution in [2.24, 2.45) is 0 Å². The van der Waals surface area contributed by atoms with E-state index in [1.807, 2.05) is 6.92 Å². The quantitative estimate of drug-likeness (QED) is 0.527. The van der Waals surface area contributed by atoms with Crippen molar-refractivity contribution >= 4 is 32.6 Å². The maximum Gasteiger partial charge on any atom is 0.256 e. The van der Waals surface area contributed by atoms with Crippen LogP contribution in [0.4, 0.5) is 0 Å². The molecule has 9 heteroatoms. The number of Topliss-reactive ketones (excluding diaryl/α,β-unsaturated/α-hetero) is 1. The molecule has 1 amide bonds. The Morgan fingerprint density at radius 3 is 2.40 bits per heavy atom. The average molecular weight is 427 g/mol. The summed E-state index contributed by atoms with van der Waals surface area (Å²) in [6, 6.07) is 11.7. The monoisotopic (exact) mass is 427 g/mol. The number of ketones is 1. The van der Waals surface area contributed by atoms with Crippen LogP contribution in [0.2, 0.25) is 0 Å². The number of para-hydroxylation sites is 1. The van der Waals surface area contributed by atoms with Crippen molar-refractivity contribution in [1.82, 2.24) is 15.0 Å². The van der Waals surface area contributed by atoms with Gasteiger partial charge in [0.2, 0.25) is 15.5 Å². The minimum absolute atomic E-state index is 0.0108. The summed E-state index contributed by atoms with van der Waals surface area (Å²) < 4.78 is 27.4. The Morgan fingerprint density at radius 2 is 1.73 bits per heavy atom. The molecule has 1 heterocycles. The first-order valence-electron chi connectivity index (χ1n) is 9.17. The van der Waals surface area contributed by atoms with Crippen molar-refractivity contribution in [3.05, 3.63) is 76.1 Å². The number of pyridine rings is 1. The number of nitrogens with one attached hydrogen (secondary N) is 3. The maximum atomic E-state index is 12.5. The van der Waals surface area contributed by atoms with Crippen LogP contribution in [0, 0.1) is 6.92 Å². The Morgan fingerprint density at radius 1 is 1.07 bits per heavy atom. The zero-order valence-electron chi connectivity index (χ0n) is 16.4. The fourth-order valence-electron chi connectivity index (χ4n) is 2.87. The molecule has 0 fully saturated rings. The number of H-pyrrole nitrogens is 1. The van der Waals surface area contributed by atoms with Crippen LogP contribution in [0.1, 0.15) is 22.8 Å². The van der Waals surface area contributed by atoms with E-state index in [9.17, 15) is 22.8 Å². The second-order valence-electron chi connectivity index (χ2n) is 6.88. The van der Waals surface area contributed by atoms with Crippen LogP contribution < -0.4 is 15.5 Å². The van der Waals surface area contributed by atoms with Crippen LogP contribution >= 0.6 is 0 Å². The minimum atomic E-state index is -3.96. The maximum absolute atomic E-state index is 12.5. The smallest absolute Gasteiger partial charge is 0.256 e. The van der Waals surface area contributed by atoms with Crippen molar-refractivity contribution in [3.8, 4) is 0 Å². The molecule has 0 bridgehead atoms. The summed E-state index contributed by atoms with van der Waals surface area (Å²) in [7, 11) is -3.96. The third-order valence-corrected chi connectivity index (χ3v) is 6.11. The van der Waals surface area contributed by atoms with Gasteiger partial charge in [-0.3, -0.25) is 14.4 Å². The Labute approximate surface area is 173 Å². The molecule has 1 aromatic heterocycles. The van der Waals surface area contributed by atoms with Crippen molar-refractivity contribution < 1.29 is 18.0 Å². The predicted octanol–water partition coefficient (Wildman–Crippen LogP) is 1.50. The lowest BCUT2D eigenvalue weighted by Gasteiger charge is -2.17. The minimum Gasteiger partial charge on any atom is -0.360 e. The van der Waals surface area contributed by atoms with Gasteiger partial charge in [-0.25, -0.2) is 8.42 Å². The lowest BCUT2D eigenvalue weighted by Crippen LogP contribution is -2.48. The van der Waals surface area contributed by atoms with Gasteiger partial charge in [-0.15, -0.1) is 0 Å². The highest BCUT2D eigenvalue weighted by Gasteiger charge is 2.24. The molecule has 156 valence electrons.